The lowest BCUT2D eigenvalue weighted by Crippen LogP contribution is -2.22. The van der Waals surface area contributed by atoms with Crippen molar-refractivity contribution < 1.29 is 9.72 Å². The van der Waals surface area contributed by atoms with Gasteiger partial charge in [0.05, 0.1) is 16.1 Å². The Labute approximate surface area is 191 Å². The van der Waals surface area contributed by atoms with Crippen LogP contribution >= 0.6 is 0 Å². The predicted molar refractivity (Wildman–Crippen MR) is 127 cm³/mol. The van der Waals surface area contributed by atoms with Gasteiger partial charge >= 0.3 is 0 Å². The number of carbonyl (C=O) groups excluding carboxylic acids is 1. The molecule has 0 unspecified atom stereocenters. The summed E-state index contributed by atoms with van der Waals surface area (Å²) in [7, 11) is 0. The van der Waals surface area contributed by atoms with Crippen molar-refractivity contribution in [1.29, 1.82) is 0 Å². The number of benzene rings is 2. The van der Waals surface area contributed by atoms with Crippen molar-refractivity contribution in [1.82, 2.24) is 9.88 Å². The average molecular weight is 441 g/mol. The first-order valence-electron chi connectivity index (χ1n) is 11.2. The first-order valence-corrected chi connectivity index (χ1v) is 11.2. The number of nitro groups is 1. The highest BCUT2D eigenvalue weighted by Gasteiger charge is 2.21. The maximum atomic E-state index is 13.3. The molecule has 0 radical (unpaired) electrons. The lowest BCUT2D eigenvalue weighted by atomic mass is 9.92. The number of pyridine rings is 1. The highest BCUT2D eigenvalue weighted by Crippen LogP contribution is 2.33. The van der Waals surface area contributed by atoms with Gasteiger partial charge in [-0.2, -0.15) is 0 Å². The number of amides is 1. The number of aryl methyl sites for hydroxylation is 1. The van der Waals surface area contributed by atoms with Gasteiger partial charge in [-0.1, -0.05) is 36.4 Å². The molecule has 2 aromatic carbocycles. The van der Waals surface area contributed by atoms with Crippen LogP contribution in [0.4, 0.5) is 11.4 Å². The molecular weight excluding hydrogens is 416 g/mol. The van der Waals surface area contributed by atoms with Crippen LogP contribution in [0.15, 0.2) is 72.6 Å². The minimum atomic E-state index is -0.408. The molecule has 0 saturated carbocycles. The normalized spacial score (nSPS) is 15.2. The van der Waals surface area contributed by atoms with E-state index in [2.05, 4.69) is 5.32 Å². The Morgan fingerprint density at radius 1 is 1.09 bits per heavy atom. The molecule has 1 aliphatic carbocycles. The van der Waals surface area contributed by atoms with Gasteiger partial charge in [-0.3, -0.25) is 19.9 Å². The number of rotatable bonds is 5. The number of hydrogen-bond donors (Lipinski definition) is 1. The highest BCUT2D eigenvalue weighted by atomic mass is 16.6. The molecule has 0 fully saturated rings. The van der Waals surface area contributed by atoms with Gasteiger partial charge in [0.25, 0.3) is 11.6 Å². The Bertz CT molecular complexity index is 1290. The third kappa shape index (κ3) is 4.35. The quantitative estimate of drug-likeness (QED) is 0.432. The molecule has 3 aromatic rings. The monoisotopic (exact) mass is 440 g/mol. The van der Waals surface area contributed by atoms with E-state index in [9.17, 15) is 14.9 Å². The molecule has 33 heavy (non-hydrogen) atoms. The number of allylic oxidation sites excluding steroid dienone is 1. The second-order valence-electron chi connectivity index (χ2n) is 8.43. The van der Waals surface area contributed by atoms with E-state index < -0.39 is 4.92 Å². The highest BCUT2D eigenvalue weighted by molar-refractivity contribution is 6.09. The minimum absolute atomic E-state index is 0.0662. The van der Waals surface area contributed by atoms with Crippen LogP contribution in [-0.2, 0) is 24.2 Å². The number of fused-ring (bicyclic) bond motifs is 2. The summed E-state index contributed by atoms with van der Waals surface area (Å²) in [6, 6.07) is 14.4. The van der Waals surface area contributed by atoms with Gasteiger partial charge in [0.1, 0.15) is 0 Å². The number of hydrogen-bond acceptors (Lipinski definition) is 5. The van der Waals surface area contributed by atoms with E-state index in [1.165, 1.54) is 12.1 Å². The van der Waals surface area contributed by atoms with Crippen molar-refractivity contribution in [2.75, 3.05) is 5.32 Å². The zero-order valence-corrected chi connectivity index (χ0v) is 18.2. The van der Waals surface area contributed by atoms with Gasteiger partial charge < -0.3 is 10.2 Å². The summed E-state index contributed by atoms with van der Waals surface area (Å²) in [5, 5.41) is 15.0. The van der Waals surface area contributed by atoms with E-state index in [4.69, 9.17) is 4.98 Å². The molecule has 1 aromatic heterocycles. The number of non-ortho nitro benzene ring substituents is 1. The van der Waals surface area contributed by atoms with Gasteiger partial charge in [0.15, 0.2) is 0 Å². The molecule has 1 aliphatic heterocycles. The van der Waals surface area contributed by atoms with Gasteiger partial charge in [-0.05, 0) is 49.3 Å². The summed E-state index contributed by atoms with van der Waals surface area (Å²) in [4.78, 5) is 30.5. The fourth-order valence-corrected chi connectivity index (χ4v) is 4.50. The third-order valence-corrected chi connectivity index (χ3v) is 6.17. The summed E-state index contributed by atoms with van der Waals surface area (Å²) in [6.45, 7) is 0.527. The van der Waals surface area contributed by atoms with Crippen LogP contribution in [0.3, 0.4) is 0 Å². The SMILES string of the molecule is O=C(Nc1c2c(nc3ccccc13)CCCC2)C1=CN(Cc2ccc([N+](=O)[O-])cc2)C=CC1. The molecule has 0 saturated heterocycles. The van der Waals surface area contributed by atoms with Crippen LogP contribution < -0.4 is 5.32 Å². The Hall–Kier alpha value is -4.00. The Balaban J connectivity index is 1.38. The fraction of sp³-hybridized carbons (Fsp3) is 0.231. The summed E-state index contributed by atoms with van der Waals surface area (Å²) in [5.41, 5.74) is 5.71. The number of nitrogens with one attached hydrogen (secondary N) is 1. The van der Waals surface area contributed by atoms with Gasteiger partial charge in [0, 0.05) is 47.7 Å². The van der Waals surface area contributed by atoms with Gasteiger partial charge in [-0.15, -0.1) is 0 Å². The van der Waals surface area contributed by atoms with Gasteiger partial charge in [0.2, 0.25) is 0 Å². The van der Waals surface area contributed by atoms with Crippen molar-refractivity contribution in [2.24, 2.45) is 0 Å². The molecular formula is C26H24N4O3. The largest absolute Gasteiger partial charge is 0.350 e. The molecule has 7 heteroatoms. The number of aromatic nitrogens is 1. The molecule has 7 nitrogen and oxygen atoms in total. The number of para-hydroxylation sites is 1. The molecule has 2 heterocycles. The van der Waals surface area contributed by atoms with Crippen LogP contribution in [0.5, 0.6) is 0 Å². The van der Waals surface area contributed by atoms with Crippen LogP contribution in [0.1, 0.15) is 36.1 Å². The molecule has 5 rings (SSSR count). The molecule has 0 bridgehead atoms. The van der Waals surface area contributed by atoms with Crippen LogP contribution in [0.25, 0.3) is 10.9 Å². The summed E-state index contributed by atoms with van der Waals surface area (Å²) in [5.74, 6) is -0.114. The predicted octanol–water partition coefficient (Wildman–Crippen LogP) is 5.26. The van der Waals surface area contributed by atoms with Crippen LogP contribution in [0, 0.1) is 10.1 Å². The first kappa shape index (κ1) is 20.9. The number of nitro benzene ring substituents is 1. The molecule has 1 amide bonds. The molecule has 2 aliphatic rings. The smallest absolute Gasteiger partial charge is 0.269 e. The molecule has 166 valence electrons. The van der Waals surface area contributed by atoms with E-state index in [0.29, 0.717) is 18.5 Å². The standard InChI is InChI=1S/C26H24N4O3/c31-26(19-6-5-15-29(17-19)16-18-11-13-20(14-12-18)30(32)33)28-25-21-7-1-3-9-23(21)27-24-10-4-2-8-22(24)25/h1,3,5,7,9,11-15,17H,2,4,6,8,10,16H2,(H,27,28,31). The Kier molecular flexibility index (Phi) is 5.60. The summed E-state index contributed by atoms with van der Waals surface area (Å²) in [6.07, 6.45) is 10.4. The number of nitrogens with zero attached hydrogens (tertiary/aromatic N) is 3. The lowest BCUT2D eigenvalue weighted by Gasteiger charge is -2.23. The first-order chi connectivity index (χ1) is 16.1. The Morgan fingerprint density at radius 3 is 2.70 bits per heavy atom. The van der Waals surface area contributed by atoms with E-state index in [-0.39, 0.29) is 11.6 Å². The van der Waals surface area contributed by atoms with Crippen molar-refractivity contribution in [3.05, 3.63) is 99.5 Å². The van der Waals surface area contributed by atoms with Crippen molar-refractivity contribution in [2.45, 2.75) is 38.6 Å². The summed E-state index contributed by atoms with van der Waals surface area (Å²) < 4.78 is 0. The third-order valence-electron chi connectivity index (χ3n) is 6.17. The molecule has 0 atom stereocenters. The zero-order chi connectivity index (χ0) is 22.8. The van der Waals surface area contributed by atoms with Crippen molar-refractivity contribution in [3.8, 4) is 0 Å². The Morgan fingerprint density at radius 2 is 1.88 bits per heavy atom. The lowest BCUT2D eigenvalue weighted by molar-refractivity contribution is -0.384. The average Bonchev–Trinajstić information content (AvgIpc) is 2.84. The zero-order valence-electron chi connectivity index (χ0n) is 18.2. The van der Waals surface area contributed by atoms with E-state index >= 15 is 0 Å². The fourth-order valence-electron chi connectivity index (χ4n) is 4.50. The van der Waals surface area contributed by atoms with Gasteiger partial charge in [-0.25, -0.2) is 0 Å². The maximum absolute atomic E-state index is 13.3. The van der Waals surface area contributed by atoms with E-state index in [0.717, 1.165) is 59.1 Å². The van der Waals surface area contributed by atoms with Crippen LogP contribution in [-0.4, -0.2) is 20.7 Å². The topological polar surface area (TPSA) is 88.4 Å². The second kappa shape index (κ2) is 8.86. The van der Waals surface area contributed by atoms with Crippen molar-refractivity contribution in [3.63, 3.8) is 0 Å². The van der Waals surface area contributed by atoms with Crippen LogP contribution in [0.2, 0.25) is 0 Å². The van der Waals surface area contributed by atoms with Crippen molar-refractivity contribution >= 4 is 28.2 Å². The summed E-state index contributed by atoms with van der Waals surface area (Å²) >= 11 is 0. The second-order valence-corrected chi connectivity index (χ2v) is 8.43. The maximum Gasteiger partial charge on any atom is 0.269 e. The number of carbonyl (C=O) groups is 1. The van der Waals surface area contributed by atoms with E-state index in [1.54, 1.807) is 12.1 Å². The van der Waals surface area contributed by atoms with E-state index in [1.807, 2.05) is 47.6 Å². The minimum Gasteiger partial charge on any atom is -0.350 e. The molecule has 1 N–H and O–H groups in total. The number of anilines is 1. The molecule has 0 spiro atoms.